The lowest BCUT2D eigenvalue weighted by Gasteiger charge is -2.15. The number of aryl methyl sites for hydroxylation is 2. The zero-order valence-electron chi connectivity index (χ0n) is 11.1. The van der Waals surface area contributed by atoms with Crippen LogP contribution in [-0.2, 0) is 10.0 Å². The molecular formula is C11H14N4O4S. The maximum Gasteiger partial charge on any atom is 0.248 e. The van der Waals surface area contributed by atoms with Crippen molar-refractivity contribution in [2.45, 2.75) is 31.1 Å². The number of nitrogens with zero attached hydrogens (tertiary/aromatic N) is 4. The van der Waals surface area contributed by atoms with Gasteiger partial charge in [0, 0.05) is 19.0 Å². The molecule has 8 nitrogen and oxygen atoms in total. The van der Waals surface area contributed by atoms with Crippen LogP contribution in [0.4, 0.5) is 0 Å². The van der Waals surface area contributed by atoms with Gasteiger partial charge >= 0.3 is 0 Å². The summed E-state index contributed by atoms with van der Waals surface area (Å²) in [5.74, 6) is 0.816. The van der Waals surface area contributed by atoms with Gasteiger partial charge in [0.2, 0.25) is 16.4 Å². The lowest BCUT2D eigenvalue weighted by Crippen LogP contribution is -2.29. The first-order valence-corrected chi connectivity index (χ1v) is 7.63. The fourth-order valence-electron chi connectivity index (χ4n) is 2.49. The number of hydrogen-bond donors (Lipinski definition) is 0. The molecule has 1 fully saturated rings. The molecule has 0 amide bonds. The van der Waals surface area contributed by atoms with Gasteiger partial charge in [0.05, 0.1) is 0 Å². The SMILES string of the molecule is Cc1noc(C)c1S(=O)(=O)N1CC[C@H](c2ncon2)C1. The summed E-state index contributed by atoms with van der Waals surface area (Å²) in [5.41, 5.74) is 0.380. The van der Waals surface area contributed by atoms with Gasteiger partial charge in [0.15, 0.2) is 11.6 Å². The molecule has 0 spiro atoms. The smallest absolute Gasteiger partial charge is 0.248 e. The van der Waals surface area contributed by atoms with Crippen LogP contribution in [0.2, 0.25) is 0 Å². The van der Waals surface area contributed by atoms with Crippen molar-refractivity contribution in [2.75, 3.05) is 13.1 Å². The highest BCUT2D eigenvalue weighted by Crippen LogP contribution is 2.31. The first kappa shape index (κ1) is 13.3. The van der Waals surface area contributed by atoms with E-state index in [9.17, 15) is 8.42 Å². The van der Waals surface area contributed by atoms with Gasteiger partial charge in [-0.05, 0) is 20.3 Å². The van der Waals surface area contributed by atoms with E-state index in [1.807, 2.05) is 0 Å². The lowest BCUT2D eigenvalue weighted by atomic mass is 10.1. The van der Waals surface area contributed by atoms with Crippen molar-refractivity contribution in [1.29, 1.82) is 0 Å². The van der Waals surface area contributed by atoms with Crippen molar-refractivity contribution in [2.24, 2.45) is 0 Å². The Morgan fingerprint density at radius 3 is 2.75 bits per heavy atom. The van der Waals surface area contributed by atoms with Gasteiger partial charge in [0.1, 0.15) is 10.6 Å². The second-order valence-electron chi connectivity index (χ2n) is 4.79. The Bertz CT molecular complexity index is 687. The van der Waals surface area contributed by atoms with Crippen molar-refractivity contribution in [3.8, 4) is 0 Å². The molecule has 1 atom stereocenters. The standard InChI is InChI=1S/C11H14N4O4S/c1-7-10(8(2)19-13-7)20(16,17)15-4-3-9(5-15)11-12-6-18-14-11/h6,9H,3-5H2,1-2H3/t9-/m0/s1. The van der Waals surface area contributed by atoms with Crippen LogP contribution >= 0.6 is 0 Å². The Hall–Kier alpha value is -1.74. The molecule has 3 heterocycles. The highest BCUT2D eigenvalue weighted by molar-refractivity contribution is 7.89. The minimum atomic E-state index is -3.59. The van der Waals surface area contributed by atoms with E-state index in [-0.39, 0.29) is 10.8 Å². The summed E-state index contributed by atoms with van der Waals surface area (Å²) in [6.07, 6.45) is 1.92. The number of rotatable bonds is 3. The second-order valence-corrected chi connectivity index (χ2v) is 6.67. The molecule has 1 aliphatic heterocycles. The van der Waals surface area contributed by atoms with Gasteiger partial charge in [-0.15, -0.1) is 0 Å². The fraction of sp³-hybridized carbons (Fsp3) is 0.545. The molecule has 2 aromatic rings. The third-order valence-corrected chi connectivity index (χ3v) is 5.57. The van der Waals surface area contributed by atoms with Crippen LogP contribution in [0.15, 0.2) is 20.3 Å². The molecule has 0 radical (unpaired) electrons. The van der Waals surface area contributed by atoms with Crippen LogP contribution in [-0.4, -0.2) is 41.1 Å². The quantitative estimate of drug-likeness (QED) is 0.827. The second kappa shape index (κ2) is 4.67. The van der Waals surface area contributed by atoms with Crippen molar-refractivity contribution >= 4 is 10.0 Å². The van der Waals surface area contributed by atoms with Crippen LogP contribution in [0.25, 0.3) is 0 Å². The van der Waals surface area contributed by atoms with Crippen molar-refractivity contribution in [3.63, 3.8) is 0 Å². The molecule has 0 aromatic carbocycles. The summed E-state index contributed by atoms with van der Waals surface area (Å²) in [7, 11) is -3.59. The summed E-state index contributed by atoms with van der Waals surface area (Å²) < 4.78 is 36.3. The predicted molar refractivity (Wildman–Crippen MR) is 66.4 cm³/mol. The zero-order chi connectivity index (χ0) is 14.3. The Labute approximate surface area is 115 Å². The van der Waals surface area contributed by atoms with Gasteiger partial charge in [-0.3, -0.25) is 0 Å². The minimum Gasteiger partial charge on any atom is -0.360 e. The average Bonchev–Trinajstić information content (AvgIpc) is 3.08. The van der Waals surface area contributed by atoms with Crippen LogP contribution < -0.4 is 0 Å². The van der Waals surface area contributed by atoms with E-state index in [2.05, 4.69) is 15.3 Å². The monoisotopic (exact) mass is 298 g/mol. The Morgan fingerprint density at radius 1 is 1.35 bits per heavy atom. The van der Waals surface area contributed by atoms with Crippen LogP contribution in [0, 0.1) is 13.8 Å². The van der Waals surface area contributed by atoms with Crippen LogP contribution in [0.5, 0.6) is 0 Å². The van der Waals surface area contributed by atoms with E-state index < -0.39 is 10.0 Å². The fourth-order valence-corrected chi connectivity index (χ4v) is 4.28. The third kappa shape index (κ3) is 2.02. The first-order chi connectivity index (χ1) is 9.50. The van der Waals surface area contributed by atoms with E-state index in [4.69, 9.17) is 9.05 Å². The number of aromatic nitrogens is 3. The normalized spacial score (nSPS) is 20.6. The number of sulfonamides is 1. The maximum atomic E-state index is 12.6. The highest BCUT2D eigenvalue weighted by Gasteiger charge is 2.37. The van der Waals surface area contributed by atoms with Gasteiger partial charge in [-0.25, -0.2) is 8.42 Å². The van der Waals surface area contributed by atoms with Gasteiger partial charge < -0.3 is 9.05 Å². The summed E-state index contributed by atoms with van der Waals surface area (Å²) in [5, 5.41) is 7.48. The molecule has 1 aliphatic rings. The Balaban J connectivity index is 1.87. The minimum absolute atomic E-state index is 0.0380. The molecule has 108 valence electrons. The predicted octanol–water partition coefficient (Wildman–Crippen LogP) is 0.853. The lowest BCUT2D eigenvalue weighted by molar-refractivity contribution is 0.389. The van der Waals surface area contributed by atoms with Gasteiger partial charge in [-0.2, -0.15) is 9.29 Å². The van der Waals surface area contributed by atoms with Gasteiger partial charge in [-0.1, -0.05) is 10.3 Å². The first-order valence-electron chi connectivity index (χ1n) is 6.19. The van der Waals surface area contributed by atoms with E-state index in [0.717, 1.165) is 0 Å². The summed E-state index contributed by atoms with van der Waals surface area (Å²) >= 11 is 0. The molecule has 0 aliphatic carbocycles. The van der Waals surface area contributed by atoms with Crippen LogP contribution in [0.1, 0.15) is 29.6 Å². The summed E-state index contributed by atoms with van der Waals surface area (Å²) in [6.45, 7) is 3.98. The molecule has 0 bridgehead atoms. The summed E-state index contributed by atoms with van der Waals surface area (Å²) in [4.78, 5) is 4.14. The molecule has 2 aromatic heterocycles. The molecule has 20 heavy (non-hydrogen) atoms. The zero-order valence-corrected chi connectivity index (χ0v) is 11.9. The average molecular weight is 298 g/mol. The Morgan fingerprint density at radius 2 is 2.15 bits per heavy atom. The Kier molecular flexibility index (Phi) is 3.09. The third-order valence-electron chi connectivity index (χ3n) is 3.46. The van der Waals surface area contributed by atoms with E-state index in [0.29, 0.717) is 36.8 Å². The van der Waals surface area contributed by atoms with E-state index in [1.54, 1.807) is 13.8 Å². The van der Waals surface area contributed by atoms with E-state index >= 15 is 0 Å². The molecule has 0 N–H and O–H groups in total. The van der Waals surface area contributed by atoms with E-state index in [1.165, 1.54) is 10.7 Å². The molecule has 0 saturated carbocycles. The molecule has 1 saturated heterocycles. The van der Waals surface area contributed by atoms with Crippen molar-refractivity contribution < 1.29 is 17.5 Å². The molecule has 9 heteroatoms. The number of hydrogen-bond acceptors (Lipinski definition) is 7. The van der Waals surface area contributed by atoms with Crippen LogP contribution in [0.3, 0.4) is 0 Å². The highest BCUT2D eigenvalue weighted by atomic mass is 32.2. The largest absolute Gasteiger partial charge is 0.360 e. The molecular weight excluding hydrogens is 284 g/mol. The topological polar surface area (TPSA) is 102 Å². The molecule has 3 rings (SSSR count). The maximum absolute atomic E-state index is 12.6. The molecule has 0 unspecified atom stereocenters. The van der Waals surface area contributed by atoms with Crippen molar-refractivity contribution in [1.82, 2.24) is 19.6 Å². The van der Waals surface area contributed by atoms with Crippen molar-refractivity contribution in [3.05, 3.63) is 23.7 Å². The summed E-state index contributed by atoms with van der Waals surface area (Å²) in [6, 6.07) is 0. The van der Waals surface area contributed by atoms with Gasteiger partial charge in [0.25, 0.3) is 0 Å².